The molecule has 0 aliphatic carbocycles. The quantitative estimate of drug-likeness (QED) is 0.394. The Bertz CT molecular complexity index is 100. The topological polar surface area (TPSA) is 73.6 Å². The van der Waals surface area contributed by atoms with Crippen LogP contribution in [-0.4, -0.2) is 18.5 Å². The number of oxime groups is 1. The van der Waals surface area contributed by atoms with Crippen LogP contribution in [-0.2, 0) is 4.84 Å². The van der Waals surface area contributed by atoms with Crippen LogP contribution in [0.5, 0.6) is 0 Å². The number of rotatable bonds is 0. The predicted molar refractivity (Wildman–Crippen MR) is 25.5 cm³/mol. The molecule has 4 N–H and O–H groups in total. The molecule has 0 aromatic heterocycles. The molecule has 0 spiro atoms. The van der Waals surface area contributed by atoms with E-state index in [-0.39, 0.29) is 6.04 Å². The molecular weight excluding hydrogens is 94.1 g/mol. The molecule has 7 heavy (non-hydrogen) atoms. The summed E-state index contributed by atoms with van der Waals surface area (Å²) in [5, 5.41) is 3.39. The van der Waals surface area contributed by atoms with Gasteiger partial charge in [0, 0.05) is 0 Å². The first-order valence-corrected chi connectivity index (χ1v) is 2.01. The second-order valence-electron chi connectivity index (χ2n) is 1.42. The summed E-state index contributed by atoms with van der Waals surface area (Å²) < 4.78 is 0. The van der Waals surface area contributed by atoms with Gasteiger partial charge in [-0.25, -0.2) is 0 Å². The molecule has 0 radical (unpaired) electrons. The smallest absolute Gasteiger partial charge is 0.159 e. The number of hydrogen-bond acceptors (Lipinski definition) is 4. The van der Waals surface area contributed by atoms with Crippen molar-refractivity contribution >= 4 is 5.84 Å². The van der Waals surface area contributed by atoms with E-state index in [9.17, 15) is 0 Å². The van der Waals surface area contributed by atoms with Gasteiger partial charge in [0.25, 0.3) is 0 Å². The Morgan fingerprint density at radius 2 is 2.57 bits per heavy atom. The van der Waals surface area contributed by atoms with Gasteiger partial charge in [-0.1, -0.05) is 5.16 Å². The van der Waals surface area contributed by atoms with Gasteiger partial charge in [-0.3, -0.25) is 0 Å². The minimum absolute atomic E-state index is 0.181. The summed E-state index contributed by atoms with van der Waals surface area (Å²) in [5.74, 6) is 0.389. The monoisotopic (exact) mass is 101 g/mol. The standard InChI is InChI=1S/C3H7N3O/c4-2-1-7-6-3(2)5/h2H,1,4H2,(H2,5,6). The van der Waals surface area contributed by atoms with Crippen molar-refractivity contribution in [2.24, 2.45) is 16.6 Å². The molecule has 40 valence electrons. The first kappa shape index (κ1) is 4.39. The molecule has 0 fully saturated rings. The summed E-state index contributed by atoms with van der Waals surface area (Å²) >= 11 is 0. The zero-order valence-corrected chi connectivity index (χ0v) is 3.79. The fourth-order valence-corrected chi connectivity index (χ4v) is 0.345. The molecule has 0 amide bonds. The second kappa shape index (κ2) is 1.38. The van der Waals surface area contributed by atoms with Gasteiger partial charge in [-0.15, -0.1) is 0 Å². The lowest BCUT2D eigenvalue weighted by atomic mass is 10.3. The third kappa shape index (κ3) is 0.640. The van der Waals surface area contributed by atoms with Crippen LogP contribution >= 0.6 is 0 Å². The summed E-state index contributed by atoms with van der Waals surface area (Å²) in [6.07, 6.45) is 0. The maximum Gasteiger partial charge on any atom is 0.159 e. The molecule has 1 aliphatic rings. The number of amidine groups is 1. The molecule has 0 saturated carbocycles. The Hall–Kier alpha value is -0.770. The largest absolute Gasteiger partial charge is 0.392 e. The van der Waals surface area contributed by atoms with E-state index >= 15 is 0 Å². The van der Waals surface area contributed by atoms with E-state index in [1.165, 1.54) is 0 Å². The van der Waals surface area contributed by atoms with Gasteiger partial charge >= 0.3 is 0 Å². The van der Waals surface area contributed by atoms with Crippen molar-refractivity contribution in [2.45, 2.75) is 6.04 Å². The average molecular weight is 101 g/mol. The van der Waals surface area contributed by atoms with Crippen molar-refractivity contribution in [1.29, 1.82) is 0 Å². The van der Waals surface area contributed by atoms with Gasteiger partial charge in [-0.05, 0) is 0 Å². The van der Waals surface area contributed by atoms with Crippen molar-refractivity contribution in [1.82, 2.24) is 0 Å². The number of hydrogen-bond donors (Lipinski definition) is 2. The van der Waals surface area contributed by atoms with Crippen LogP contribution in [0, 0.1) is 0 Å². The van der Waals surface area contributed by atoms with Crippen LogP contribution in [0.15, 0.2) is 5.16 Å². The Balaban J connectivity index is 2.54. The van der Waals surface area contributed by atoms with Gasteiger partial charge in [0.15, 0.2) is 5.84 Å². The zero-order chi connectivity index (χ0) is 5.28. The Morgan fingerprint density at radius 3 is 2.71 bits per heavy atom. The normalized spacial score (nSPS) is 29.3. The maximum absolute atomic E-state index is 5.30. The molecule has 0 aromatic carbocycles. The lowest BCUT2D eigenvalue weighted by molar-refractivity contribution is 0.167. The fourth-order valence-electron chi connectivity index (χ4n) is 0.345. The van der Waals surface area contributed by atoms with Crippen molar-refractivity contribution in [2.75, 3.05) is 6.61 Å². The number of nitrogens with zero attached hydrogens (tertiary/aromatic N) is 1. The van der Waals surface area contributed by atoms with Crippen molar-refractivity contribution in [3.8, 4) is 0 Å². The zero-order valence-electron chi connectivity index (χ0n) is 3.79. The first-order valence-electron chi connectivity index (χ1n) is 2.01. The summed E-state index contributed by atoms with van der Waals surface area (Å²) in [6.45, 7) is 0.422. The molecule has 0 aromatic rings. The Kier molecular flexibility index (Phi) is 0.867. The van der Waals surface area contributed by atoms with Crippen molar-refractivity contribution in [3.05, 3.63) is 0 Å². The van der Waals surface area contributed by atoms with E-state index in [4.69, 9.17) is 11.5 Å². The van der Waals surface area contributed by atoms with Crippen LogP contribution in [0.25, 0.3) is 0 Å². The van der Waals surface area contributed by atoms with Gasteiger partial charge in [0.05, 0.1) is 0 Å². The average Bonchev–Trinajstić information content (AvgIpc) is 1.91. The number of nitrogens with two attached hydrogens (primary N) is 2. The fraction of sp³-hybridized carbons (Fsp3) is 0.667. The molecule has 4 heteroatoms. The second-order valence-corrected chi connectivity index (χ2v) is 1.42. The maximum atomic E-state index is 5.30. The summed E-state index contributed by atoms with van der Waals surface area (Å²) in [5.41, 5.74) is 10.5. The Labute approximate surface area is 41.1 Å². The lowest BCUT2D eigenvalue weighted by Crippen LogP contribution is -2.35. The SMILES string of the molecule is NC1=NOCC1N. The van der Waals surface area contributed by atoms with Gasteiger partial charge in [0.2, 0.25) is 0 Å². The third-order valence-electron chi connectivity index (χ3n) is 0.804. The summed E-state index contributed by atoms with van der Waals surface area (Å²) in [7, 11) is 0. The summed E-state index contributed by atoms with van der Waals surface area (Å²) in [4.78, 5) is 4.51. The van der Waals surface area contributed by atoms with Crippen molar-refractivity contribution < 1.29 is 4.84 Å². The van der Waals surface area contributed by atoms with E-state index in [1.807, 2.05) is 0 Å². The molecular formula is C3H7N3O. The molecule has 0 saturated heterocycles. The minimum Gasteiger partial charge on any atom is -0.392 e. The molecule has 1 unspecified atom stereocenters. The van der Waals surface area contributed by atoms with Gasteiger partial charge in [0.1, 0.15) is 12.6 Å². The highest BCUT2D eigenvalue weighted by Gasteiger charge is 2.13. The Morgan fingerprint density at radius 1 is 1.86 bits per heavy atom. The van der Waals surface area contributed by atoms with Crippen LogP contribution in [0.1, 0.15) is 0 Å². The van der Waals surface area contributed by atoms with E-state index < -0.39 is 0 Å². The van der Waals surface area contributed by atoms with Crippen LogP contribution in [0.2, 0.25) is 0 Å². The van der Waals surface area contributed by atoms with Gasteiger partial charge < -0.3 is 16.3 Å². The van der Waals surface area contributed by atoms with E-state index in [0.29, 0.717) is 12.4 Å². The molecule has 1 aliphatic heterocycles. The van der Waals surface area contributed by atoms with E-state index in [1.54, 1.807) is 0 Å². The van der Waals surface area contributed by atoms with Crippen LogP contribution in [0.3, 0.4) is 0 Å². The third-order valence-corrected chi connectivity index (χ3v) is 0.804. The summed E-state index contributed by atoms with van der Waals surface area (Å²) in [6, 6.07) is -0.181. The molecule has 1 rings (SSSR count). The van der Waals surface area contributed by atoms with E-state index in [2.05, 4.69) is 9.99 Å². The molecule has 1 heterocycles. The highest BCUT2D eigenvalue weighted by molar-refractivity contribution is 5.86. The highest BCUT2D eigenvalue weighted by atomic mass is 16.6. The molecule has 1 atom stereocenters. The lowest BCUT2D eigenvalue weighted by Gasteiger charge is -1.92. The molecule has 4 nitrogen and oxygen atoms in total. The highest BCUT2D eigenvalue weighted by Crippen LogP contribution is 1.91. The van der Waals surface area contributed by atoms with Gasteiger partial charge in [-0.2, -0.15) is 0 Å². The minimum atomic E-state index is -0.181. The van der Waals surface area contributed by atoms with Crippen LogP contribution < -0.4 is 11.5 Å². The first-order chi connectivity index (χ1) is 3.30. The van der Waals surface area contributed by atoms with Crippen LogP contribution in [0.4, 0.5) is 0 Å². The predicted octanol–water partition coefficient (Wildman–Crippen LogP) is -1.38. The van der Waals surface area contributed by atoms with Crippen molar-refractivity contribution in [3.63, 3.8) is 0 Å². The van der Waals surface area contributed by atoms with E-state index in [0.717, 1.165) is 0 Å². The molecule has 0 bridgehead atoms.